The summed E-state index contributed by atoms with van der Waals surface area (Å²) in [5.74, 6) is -0.122. The maximum atomic E-state index is 12.9. The first-order chi connectivity index (χ1) is 15.5. The van der Waals surface area contributed by atoms with Crippen LogP contribution in [0.15, 0.2) is 47.2 Å². The number of aromatic nitrogens is 5. The van der Waals surface area contributed by atoms with Crippen molar-refractivity contribution in [3.63, 3.8) is 0 Å². The molecule has 33 heavy (non-hydrogen) atoms. The topological polar surface area (TPSA) is 104 Å². The van der Waals surface area contributed by atoms with Crippen molar-refractivity contribution < 1.29 is 14.3 Å². The Kier molecular flexibility index (Phi) is 5.79. The summed E-state index contributed by atoms with van der Waals surface area (Å²) in [4.78, 5) is 30.2. The molecule has 4 rings (SSSR count). The predicted octanol–water partition coefficient (Wildman–Crippen LogP) is 4.94. The molecule has 0 aliphatic rings. The summed E-state index contributed by atoms with van der Waals surface area (Å²) in [5, 5.41) is 12.0. The van der Waals surface area contributed by atoms with Crippen LogP contribution in [0.5, 0.6) is 0 Å². The number of carbonyl (C=O) groups excluding carboxylic acids is 2. The number of carbonyl (C=O) groups is 2. The molecule has 0 saturated heterocycles. The molecule has 3 aromatic heterocycles. The van der Waals surface area contributed by atoms with E-state index in [1.54, 1.807) is 68.2 Å². The van der Waals surface area contributed by atoms with Crippen LogP contribution in [0, 0.1) is 6.92 Å². The van der Waals surface area contributed by atoms with Gasteiger partial charge in [-0.15, -0.1) is 5.10 Å². The van der Waals surface area contributed by atoms with E-state index in [0.29, 0.717) is 22.2 Å². The van der Waals surface area contributed by atoms with Crippen LogP contribution < -0.4 is 5.32 Å². The van der Waals surface area contributed by atoms with Crippen molar-refractivity contribution in [3.8, 4) is 11.3 Å². The first-order valence-corrected chi connectivity index (χ1v) is 11.0. The summed E-state index contributed by atoms with van der Waals surface area (Å²) in [6.07, 6.45) is 2.61. The SMILES string of the molecule is Cc1c(-c2cc3c(NC(=O)c4ccc(Br)cc4)nn(C(=O)OC(C)(C)C)c3cn2)cnn1C. The molecule has 1 amide bonds. The van der Waals surface area contributed by atoms with Crippen molar-refractivity contribution in [2.24, 2.45) is 7.05 Å². The number of amides is 1. The Morgan fingerprint density at radius 1 is 1.12 bits per heavy atom. The van der Waals surface area contributed by atoms with E-state index in [4.69, 9.17) is 4.74 Å². The summed E-state index contributed by atoms with van der Waals surface area (Å²) in [5.41, 5.74) is 2.58. The third kappa shape index (κ3) is 4.65. The van der Waals surface area contributed by atoms with Crippen molar-refractivity contribution in [1.29, 1.82) is 0 Å². The van der Waals surface area contributed by atoms with Gasteiger partial charge in [0.25, 0.3) is 5.91 Å². The van der Waals surface area contributed by atoms with Crippen molar-refractivity contribution in [1.82, 2.24) is 24.5 Å². The molecule has 0 saturated carbocycles. The number of hydrogen-bond acceptors (Lipinski definition) is 6. The second-order valence-electron chi connectivity index (χ2n) is 8.56. The smallest absolute Gasteiger partial charge is 0.435 e. The Morgan fingerprint density at radius 3 is 2.42 bits per heavy atom. The van der Waals surface area contributed by atoms with E-state index in [0.717, 1.165) is 20.4 Å². The zero-order valence-corrected chi connectivity index (χ0v) is 20.5. The lowest BCUT2D eigenvalue weighted by Crippen LogP contribution is -2.27. The number of ether oxygens (including phenoxy) is 1. The molecule has 0 radical (unpaired) electrons. The second kappa shape index (κ2) is 8.43. The standard InChI is InChI=1S/C23H23BrN6O3/c1-13-17(11-26-29(13)5)18-10-16-19(12-25-18)30(22(32)33-23(2,3)4)28-20(16)27-21(31)14-6-8-15(24)9-7-14/h6-12H,1-5H3,(H,27,28,31). The lowest BCUT2D eigenvalue weighted by atomic mass is 10.1. The van der Waals surface area contributed by atoms with Crippen molar-refractivity contribution >= 4 is 44.7 Å². The van der Waals surface area contributed by atoms with Gasteiger partial charge in [0.1, 0.15) is 11.1 Å². The molecule has 0 spiro atoms. The van der Waals surface area contributed by atoms with Crippen molar-refractivity contribution in [2.45, 2.75) is 33.3 Å². The van der Waals surface area contributed by atoms with Crippen LogP contribution in [-0.4, -0.2) is 42.1 Å². The minimum atomic E-state index is -0.712. The summed E-state index contributed by atoms with van der Waals surface area (Å²) < 4.78 is 9.22. The van der Waals surface area contributed by atoms with E-state index in [-0.39, 0.29) is 11.7 Å². The van der Waals surface area contributed by atoms with Crippen molar-refractivity contribution in [2.75, 3.05) is 5.32 Å². The van der Waals surface area contributed by atoms with Crippen LogP contribution >= 0.6 is 15.9 Å². The molecule has 1 N–H and O–H groups in total. The minimum absolute atomic E-state index is 0.231. The van der Waals surface area contributed by atoms with Gasteiger partial charge in [-0.1, -0.05) is 15.9 Å². The van der Waals surface area contributed by atoms with Crippen LogP contribution in [0.3, 0.4) is 0 Å². The van der Waals surface area contributed by atoms with Crippen molar-refractivity contribution in [3.05, 3.63) is 58.5 Å². The number of rotatable bonds is 3. The molecule has 10 heteroatoms. The Hall–Kier alpha value is -3.53. The van der Waals surface area contributed by atoms with Gasteiger partial charge in [-0.05, 0) is 58.0 Å². The lowest BCUT2D eigenvalue weighted by molar-refractivity contribution is 0.0522. The highest BCUT2D eigenvalue weighted by Gasteiger charge is 2.24. The Bertz CT molecular complexity index is 1370. The van der Waals surface area contributed by atoms with Gasteiger partial charge in [-0.3, -0.25) is 14.5 Å². The van der Waals surface area contributed by atoms with Gasteiger partial charge < -0.3 is 10.1 Å². The minimum Gasteiger partial charge on any atom is -0.442 e. The molecule has 0 fully saturated rings. The van der Waals surface area contributed by atoms with Crippen LogP contribution in [0.2, 0.25) is 0 Å². The molecule has 0 aliphatic carbocycles. The molecule has 170 valence electrons. The van der Waals surface area contributed by atoms with Gasteiger partial charge in [0.05, 0.1) is 18.1 Å². The van der Waals surface area contributed by atoms with E-state index in [1.165, 1.54) is 0 Å². The van der Waals surface area contributed by atoms with Crippen LogP contribution in [-0.2, 0) is 11.8 Å². The lowest BCUT2D eigenvalue weighted by Gasteiger charge is -2.19. The maximum absolute atomic E-state index is 12.9. The van der Waals surface area contributed by atoms with E-state index >= 15 is 0 Å². The summed E-state index contributed by atoms with van der Waals surface area (Å²) in [6.45, 7) is 7.26. The number of anilines is 1. The molecule has 0 unspecified atom stereocenters. The van der Waals surface area contributed by atoms with E-state index < -0.39 is 11.7 Å². The van der Waals surface area contributed by atoms with Gasteiger partial charge in [0.15, 0.2) is 5.82 Å². The third-order valence-electron chi connectivity index (χ3n) is 4.98. The fourth-order valence-corrected chi connectivity index (χ4v) is 3.49. The van der Waals surface area contributed by atoms with Gasteiger partial charge in [-0.2, -0.15) is 9.78 Å². The molecular formula is C23H23BrN6O3. The molecule has 1 aromatic carbocycles. The van der Waals surface area contributed by atoms with Crippen LogP contribution in [0.1, 0.15) is 36.8 Å². The van der Waals surface area contributed by atoms with Crippen LogP contribution in [0.25, 0.3) is 22.2 Å². The quantitative estimate of drug-likeness (QED) is 0.418. The highest BCUT2D eigenvalue weighted by atomic mass is 79.9. The average Bonchev–Trinajstić information content (AvgIpc) is 3.27. The number of aryl methyl sites for hydroxylation is 1. The molecule has 9 nitrogen and oxygen atoms in total. The number of pyridine rings is 1. The number of benzene rings is 1. The number of fused-ring (bicyclic) bond motifs is 1. The largest absolute Gasteiger partial charge is 0.442 e. The summed E-state index contributed by atoms with van der Waals surface area (Å²) in [7, 11) is 1.85. The fourth-order valence-electron chi connectivity index (χ4n) is 3.23. The average molecular weight is 511 g/mol. The van der Waals surface area contributed by atoms with Gasteiger partial charge in [0.2, 0.25) is 0 Å². The monoisotopic (exact) mass is 510 g/mol. The second-order valence-corrected chi connectivity index (χ2v) is 9.47. The van der Waals surface area contributed by atoms with Gasteiger partial charge in [0, 0.05) is 33.7 Å². The molecule has 0 aliphatic heterocycles. The fraction of sp³-hybridized carbons (Fsp3) is 0.261. The van der Waals surface area contributed by atoms with Gasteiger partial charge in [-0.25, -0.2) is 4.79 Å². The van der Waals surface area contributed by atoms with Crippen LogP contribution in [0.4, 0.5) is 10.6 Å². The van der Waals surface area contributed by atoms with E-state index in [9.17, 15) is 9.59 Å². The maximum Gasteiger partial charge on any atom is 0.435 e. The zero-order chi connectivity index (χ0) is 23.9. The Morgan fingerprint density at radius 2 is 1.82 bits per heavy atom. The molecular weight excluding hydrogens is 488 g/mol. The van der Waals surface area contributed by atoms with E-state index in [1.807, 2.05) is 14.0 Å². The number of nitrogens with one attached hydrogen (secondary N) is 1. The summed E-state index contributed by atoms with van der Waals surface area (Å²) in [6, 6.07) is 8.72. The number of hydrogen-bond donors (Lipinski definition) is 1. The number of nitrogens with zero attached hydrogens (tertiary/aromatic N) is 5. The van der Waals surface area contributed by atoms with E-state index in [2.05, 4.69) is 36.4 Å². The molecule has 0 atom stereocenters. The first kappa shape index (κ1) is 22.7. The highest BCUT2D eigenvalue weighted by Crippen LogP contribution is 2.29. The molecule has 4 aromatic rings. The molecule has 3 heterocycles. The Balaban J connectivity index is 1.81. The highest BCUT2D eigenvalue weighted by molar-refractivity contribution is 9.10. The molecule has 0 bridgehead atoms. The summed E-state index contributed by atoms with van der Waals surface area (Å²) >= 11 is 3.36. The normalized spacial score (nSPS) is 11.6. The van der Waals surface area contributed by atoms with Gasteiger partial charge >= 0.3 is 6.09 Å². The predicted molar refractivity (Wildman–Crippen MR) is 128 cm³/mol. The first-order valence-electron chi connectivity index (χ1n) is 10.2. The third-order valence-corrected chi connectivity index (χ3v) is 5.51. The Labute approximate surface area is 198 Å². The number of halogens is 1. The zero-order valence-electron chi connectivity index (χ0n) is 18.9.